The summed E-state index contributed by atoms with van der Waals surface area (Å²) in [7, 11) is 0. The van der Waals surface area contributed by atoms with Gasteiger partial charge in [0.25, 0.3) is 0 Å². The van der Waals surface area contributed by atoms with Crippen LogP contribution in [0.15, 0.2) is 0 Å². The highest BCUT2D eigenvalue weighted by atomic mass is 16.2. The van der Waals surface area contributed by atoms with E-state index in [1.54, 1.807) is 0 Å². The molecule has 3 aliphatic rings. The van der Waals surface area contributed by atoms with Crippen molar-refractivity contribution in [3.63, 3.8) is 0 Å². The molecule has 4 nitrogen and oxygen atoms in total. The van der Waals surface area contributed by atoms with E-state index in [0.29, 0.717) is 18.1 Å². The van der Waals surface area contributed by atoms with E-state index >= 15 is 0 Å². The molecule has 2 N–H and O–H groups in total. The van der Waals surface area contributed by atoms with Crippen molar-refractivity contribution >= 4 is 6.03 Å². The van der Waals surface area contributed by atoms with Crippen molar-refractivity contribution in [3.05, 3.63) is 0 Å². The fraction of sp³-hybridized carbons (Fsp3) is 0.909. The van der Waals surface area contributed by atoms with E-state index in [1.807, 2.05) is 4.90 Å². The number of fused-ring (bicyclic) bond motifs is 2. The molecule has 2 bridgehead atoms. The topological polar surface area (TPSA) is 44.4 Å². The van der Waals surface area contributed by atoms with E-state index < -0.39 is 0 Å². The maximum Gasteiger partial charge on any atom is 0.317 e. The number of likely N-dealkylation sites (tertiary alicyclic amines) is 1. The average molecular weight is 209 g/mol. The average Bonchev–Trinajstić information content (AvgIpc) is 2.91. The summed E-state index contributed by atoms with van der Waals surface area (Å²) < 4.78 is 0. The molecule has 1 saturated carbocycles. The van der Waals surface area contributed by atoms with E-state index in [2.05, 4.69) is 10.6 Å². The minimum absolute atomic E-state index is 0.159. The highest BCUT2D eigenvalue weighted by Gasteiger charge is 2.32. The van der Waals surface area contributed by atoms with Crippen molar-refractivity contribution in [1.82, 2.24) is 15.5 Å². The van der Waals surface area contributed by atoms with Gasteiger partial charge in [-0.1, -0.05) is 0 Å². The number of urea groups is 1. The Bertz CT molecular complexity index is 265. The Morgan fingerprint density at radius 1 is 1.13 bits per heavy atom. The van der Waals surface area contributed by atoms with E-state index in [0.717, 1.165) is 19.5 Å². The Kier molecular flexibility index (Phi) is 2.31. The summed E-state index contributed by atoms with van der Waals surface area (Å²) in [6.07, 6.45) is 5.99. The Labute approximate surface area is 90.4 Å². The third kappa shape index (κ3) is 2.09. The van der Waals surface area contributed by atoms with Gasteiger partial charge in [-0.2, -0.15) is 0 Å². The number of carbonyl (C=O) groups excluding carboxylic acids is 1. The molecule has 2 saturated heterocycles. The lowest BCUT2D eigenvalue weighted by molar-refractivity contribution is 0.194. The van der Waals surface area contributed by atoms with Crippen molar-refractivity contribution in [1.29, 1.82) is 0 Å². The fourth-order valence-corrected chi connectivity index (χ4v) is 2.62. The van der Waals surface area contributed by atoms with Gasteiger partial charge < -0.3 is 15.5 Å². The molecule has 3 rings (SSSR count). The summed E-state index contributed by atoms with van der Waals surface area (Å²) in [6.45, 7) is 1.82. The van der Waals surface area contributed by atoms with Crippen LogP contribution < -0.4 is 10.6 Å². The minimum atomic E-state index is 0.159. The lowest BCUT2D eigenvalue weighted by atomic mass is 10.1. The zero-order chi connectivity index (χ0) is 10.3. The summed E-state index contributed by atoms with van der Waals surface area (Å²) in [5.74, 6) is 0. The maximum atomic E-state index is 11.9. The van der Waals surface area contributed by atoms with Gasteiger partial charge in [-0.25, -0.2) is 4.79 Å². The Hall–Kier alpha value is -0.770. The van der Waals surface area contributed by atoms with Gasteiger partial charge in [-0.05, 0) is 32.1 Å². The van der Waals surface area contributed by atoms with Crippen molar-refractivity contribution in [2.75, 3.05) is 13.1 Å². The first-order valence-corrected chi connectivity index (χ1v) is 6.13. The number of rotatable bonds is 1. The molecule has 0 spiro atoms. The molecule has 3 fully saturated rings. The lowest BCUT2D eigenvalue weighted by Gasteiger charge is -2.24. The van der Waals surface area contributed by atoms with Gasteiger partial charge in [0, 0.05) is 31.2 Å². The molecule has 2 aliphatic heterocycles. The monoisotopic (exact) mass is 209 g/mol. The number of amides is 2. The molecule has 15 heavy (non-hydrogen) atoms. The fourth-order valence-electron chi connectivity index (χ4n) is 2.62. The van der Waals surface area contributed by atoms with E-state index in [1.165, 1.54) is 25.7 Å². The zero-order valence-corrected chi connectivity index (χ0v) is 9.04. The normalized spacial score (nSPS) is 35.1. The highest BCUT2D eigenvalue weighted by molar-refractivity contribution is 5.75. The second-order valence-corrected chi connectivity index (χ2v) is 5.10. The molecule has 0 radical (unpaired) electrons. The van der Waals surface area contributed by atoms with E-state index in [9.17, 15) is 4.79 Å². The van der Waals surface area contributed by atoms with Crippen LogP contribution in [-0.4, -0.2) is 42.1 Å². The highest BCUT2D eigenvalue weighted by Crippen LogP contribution is 2.22. The second-order valence-electron chi connectivity index (χ2n) is 5.10. The Morgan fingerprint density at radius 3 is 2.73 bits per heavy atom. The van der Waals surface area contributed by atoms with Crippen LogP contribution in [0.5, 0.6) is 0 Å². The van der Waals surface area contributed by atoms with Crippen molar-refractivity contribution < 1.29 is 4.79 Å². The van der Waals surface area contributed by atoms with Crippen molar-refractivity contribution in [2.24, 2.45) is 0 Å². The standard InChI is InChI=1S/C11H19N3O/c15-11(13-8-1-2-8)14-6-5-9-3-4-10(7-14)12-9/h8-10,12H,1-7H2,(H,13,15)/t9-,10+/m1/s1. The van der Waals surface area contributed by atoms with Crippen molar-refractivity contribution in [3.8, 4) is 0 Å². The van der Waals surface area contributed by atoms with Crippen LogP contribution >= 0.6 is 0 Å². The minimum Gasteiger partial charge on any atom is -0.335 e. The Balaban J connectivity index is 1.58. The van der Waals surface area contributed by atoms with Gasteiger partial charge in [0.05, 0.1) is 0 Å². The summed E-state index contributed by atoms with van der Waals surface area (Å²) in [5.41, 5.74) is 0. The molecular formula is C11H19N3O. The SMILES string of the molecule is O=C(NC1CC1)N1CC[C@H]2CC[C@@H](C1)N2. The third-order valence-corrected chi connectivity index (χ3v) is 3.72. The van der Waals surface area contributed by atoms with E-state index in [-0.39, 0.29) is 6.03 Å². The lowest BCUT2D eigenvalue weighted by Crippen LogP contribution is -2.45. The molecular weight excluding hydrogens is 190 g/mol. The predicted molar refractivity (Wildman–Crippen MR) is 57.7 cm³/mol. The molecule has 0 aromatic heterocycles. The summed E-state index contributed by atoms with van der Waals surface area (Å²) in [6, 6.07) is 1.84. The number of hydrogen-bond acceptors (Lipinski definition) is 2. The van der Waals surface area contributed by atoms with Gasteiger partial charge >= 0.3 is 6.03 Å². The third-order valence-electron chi connectivity index (χ3n) is 3.72. The molecule has 0 unspecified atom stereocenters. The van der Waals surface area contributed by atoms with Gasteiger partial charge in [0.1, 0.15) is 0 Å². The van der Waals surface area contributed by atoms with E-state index in [4.69, 9.17) is 0 Å². The molecule has 1 aliphatic carbocycles. The molecule has 84 valence electrons. The summed E-state index contributed by atoms with van der Waals surface area (Å²) in [5, 5.41) is 6.65. The van der Waals surface area contributed by atoms with Crippen LogP contribution in [-0.2, 0) is 0 Å². The Morgan fingerprint density at radius 2 is 1.93 bits per heavy atom. The van der Waals surface area contributed by atoms with Gasteiger partial charge in [0.2, 0.25) is 0 Å². The zero-order valence-electron chi connectivity index (χ0n) is 9.04. The number of nitrogens with one attached hydrogen (secondary N) is 2. The second kappa shape index (κ2) is 3.67. The van der Waals surface area contributed by atoms with Crippen molar-refractivity contribution in [2.45, 2.75) is 50.2 Å². The first kappa shape index (κ1) is 9.46. The molecule has 4 heteroatoms. The maximum absolute atomic E-state index is 11.9. The van der Waals surface area contributed by atoms with Gasteiger partial charge in [-0.15, -0.1) is 0 Å². The van der Waals surface area contributed by atoms with Crippen LogP contribution in [0.4, 0.5) is 4.79 Å². The van der Waals surface area contributed by atoms with Crippen LogP contribution in [0.2, 0.25) is 0 Å². The molecule has 2 heterocycles. The molecule has 2 atom stereocenters. The number of hydrogen-bond donors (Lipinski definition) is 2. The van der Waals surface area contributed by atoms with Gasteiger partial charge in [-0.3, -0.25) is 0 Å². The summed E-state index contributed by atoms with van der Waals surface area (Å²) in [4.78, 5) is 13.9. The largest absolute Gasteiger partial charge is 0.335 e. The first-order chi connectivity index (χ1) is 7.31. The number of nitrogens with zero attached hydrogens (tertiary/aromatic N) is 1. The summed E-state index contributed by atoms with van der Waals surface area (Å²) >= 11 is 0. The van der Waals surface area contributed by atoms with Gasteiger partial charge in [0.15, 0.2) is 0 Å². The molecule has 0 aromatic carbocycles. The van der Waals surface area contributed by atoms with Crippen LogP contribution in [0.25, 0.3) is 0 Å². The molecule has 2 amide bonds. The smallest absolute Gasteiger partial charge is 0.317 e. The van der Waals surface area contributed by atoms with Crippen LogP contribution in [0, 0.1) is 0 Å². The number of carbonyl (C=O) groups is 1. The predicted octanol–water partition coefficient (Wildman–Crippen LogP) is 0.685. The van der Waals surface area contributed by atoms with Crippen LogP contribution in [0.1, 0.15) is 32.1 Å². The quantitative estimate of drug-likeness (QED) is 0.667. The molecule has 0 aromatic rings. The first-order valence-electron chi connectivity index (χ1n) is 6.13. The van der Waals surface area contributed by atoms with Crippen LogP contribution in [0.3, 0.4) is 0 Å².